The van der Waals surface area contributed by atoms with E-state index >= 15 is 0 Å². The Hall–Kier alpha value is -1.20. The molecule has 18 heavy (non-hydrogen) atoms. The van der Waals surface area contributed by atoms with Crippen LogP contribution in [0.25, 0.3) is 0 Å². The highest BCUT2D eigenvalue weighted by atomic mass is 35.5. The normalized spacial score (nSPS) is 10.2. The minimum absolute atomic E-state index is 0.0611. The van der Waals surface area contributed by atoms with Gasteiger partial charge in [0, 0.05) is 0 Å². The number of halogens is 2. The molecule has 0 fully saturated rings. The van der Waals surface area contributed by atoms with Crippen LogP contribution in [0.2, 0.25) is 10.0 Å². The summed E-state index contributed by atoms with van der Waals surface area (Å²) in [6.45, 7) is 2.12. The van der Waals surface area contributed by atoms with Crippen LogP contribution in [0.1, 0.15) is 19.8 Å². The second kappa shape index (κ2) is 7.28. The van der Waals surface area contributed by atoms with E-state index in [-0.39, 0.29) is 28.2 Å². The van der Waals surface area contributed by atoms with Gasteiger partial charge >= 0.3 is 5.97 Å². The molecule has 2 N–H and O–H groups in total. The summed E-state index contributed by atoms with van der Waals surface area (Å²) >= 11 is 11.6. The second-order valence-corrected chi connectivity index (χ2v) is 4.29. The monoisotopic (exact) mass is 292 g/mol. The van der Waals surface area contributed by atoms with E-state index in [4.69, 9.17) is 38.4 Å². The van der Waals surface area contributed by atoms with Crippen molar-refractivity contribution in [3.8, 4) is 5.88 Å². The van der Waals surface area contributed by atoms with Crippen LogP contribution in [0.4, 0.5) is 5.69 Å². The molecule has 0 unspecified atom stereocenters. The van der Waals surface area contributed by atoms with Crippen LogP contribution in [-0.2, 0) is 9.53 Å². The molecule has 0 atom stereocenters. The molecule has 5 nitrogen and oxygen atoms in total. The fourth-order valence-corrected chi connectivity index (χ4v) is 1.46. The number of hydrogen-bond donors (Lipinski definition) is 1. The Morgan fingerprint density at radius 1 is 1.50 bits per heavy atom. The first-order valence-electron chi connectivity index (χ1n) is 5.44. The van der Waals surface area contributed by atoms with Crippen molar-refractivity contribution in [3.05, 3.63) is 16.2 Å². The van der Waals surface area contributed by atoms with Gasteiger partial charge in [-0.05, 0) is 6.42 Å². The molecule has 0 saturated heterocycles. The van der Waals surface area contributed by atoms with E-state index in [0.29, 0.717) is 6.61 Å². The van der Waals surface area contributed by atoms with E-state index in [1.165, 1.54) is 6.20 Å². The lowest BCUT2D eigenvalue weighted by Crippen LogP contribution is -2.16. The molecule has 0 aromatic carbocycles. The molecule has 1 rings (SSSR count). The molecular weight excluding hydrogens is 279 g/mol. The largest absolute Gasteiger partial charge is 0.465 e. The van der Waals surface area contributed by atoms with Crippen LogP contribution in [0.5, 0.6) is 5.88 Å². The Morgan fingerprint density at radius 2 is 2.22 bits per heavy atom. The predicted octanol–water partition coefficient (Wildman–Crippen LogP) is 2.69. The van der Waals surface area contributed by atoms with E-state index in [1.807, 2.05) is 6.92 Å². The van der Waals surface area contributed by atoms with Gasteiger partial charge in [-0.3, -0.25) is 0 Å². The third-order valence-corrected chi connectivity index (χ3v) is 2.73. The highest BCUT2D eigenvalue weighted by Crippen LogP contribution is 2.33. The molecule has 0 saturated carbocycles. The van der Waals surface area contributed by atoms with Crippen molar-refractivity contribution in [2.75, 3.05) is 18.9 Å². The molecule has 7 heteroatoms. The van der Waals surface area contributed by atoms with Gasteiger partial charge in [0.05, 0.1) is 23.5 Å². The van der Waals surface area contributed by atoms with Crippen molar-refractivity contribution in [2.24, 2.45) is 0 Å². The van der Waals surface area contributed by atoms with Gasteiger partial charge in [-0.2, -0.15) is 0 Å². The van der Waals surface area contributed by atoms with Gasteiger partial charge in [-0.25, -0.2) is 9.78 Å². The van der Waals surface area contributed by atoms with Crippen molar-refractivity contribution in [1.82, 2.24) is 4.98 Å². The SMILES string of the molecule is CCCCOC(=O)COc1ncc(Cl)c(N)c1Cl. The molecule has 0 spiro atoms. The number of ether oxygens (including phenoxy) is 2. The molecule has 0 aliphatic rings. The summed E-state index contributed by atoms with van der Waals surface area (Å²) < 4.78 is 10.0. The Balaban J connectivity index is 2.49. The lowest BCUT2D eigenvalue weighted by molar-refractivity contribution is -0.146. The quantitative estimate of drug-likeness (QED) is 0.644. The maximum atomic E-state index is 11.3. The highest BCUT2D eigenvalue weighted by Gasteiger charge is 2.12. The van der Waals surface area contributed by atoms with Crippen LogP contribution >= 0.6 is 23.2 Å². The number of nitrogen functional groups attached to an aromatic ring is 1. The number of rotatable bonds is 6. The number of aromatic nitrogens is 1. The molecular formula is C11H14Cl2N2O3. The number of nitrogens with zero attached hydrogens (tertiary/aromatic N) is 1. The number of anilines is 1. The fraction of sp³-hybridized carbons (Fsp3) is 0.455. The van der Waals surface area contributed by atoms with Crippen molar-refractivity contribution >= 4 is 34.9 Å². The first-order chi connectivity index (χ1) is 8.56. The average Bonchev–Trinajstić information content (AvgIpc) is 2.35. The van der Waals surface area contributed by atoms with Crippen molar-refractivity contribution in [1.29, 1.82) is 0 Å². The van der Waals surface area contributed by atoms with Crippen LogP contribution in [0.15, 0.2) is 6.20 Å². The van der Waals surface area contributed by atoms with E-state index < -0.39 is 5.97 Å². The number of carbonyl (C=O) groups is 1. The van der Waals surface area contributed by atoms with E-state index in [1.54, 1.807) is 0 Å². The number of nitrogens with two attached hydrogens (primary N) is 1. The summed E-state index contributed by atoms with van der Waals surface area (Å²) in [6, 6.07) is 0. The van der Waals surface area contributed by atoms with Crippen molar-refractivity contribution in [2.45, 2.75) is 19.8 Å². The standard InChI is InChI=1S/C11H14Cl2N2O3/c1-2-3-4-17-8(16)6-18-11-9(13)10(14)7(12)5-15-11/h5H,2-4,6H2,1H3,(H2,14,15). The molecule has 0 radical (unpaired) electrons. The Labute approximate surface area is 115 Å². The van der Waals surface area contributed by atoms with Gasteiger partial charge in [-0.15, -0.1) is 0 Å². The van der Waals surface area contributed by atoms with Crippen LogP contribution in [-0.4, -0.2) is 24.2 Å². The number of unbranched alkanes of at least 4 members (excludes halogenated alkanes) is 1. The van der Waals surface area contributed by atoms with Crippen LogP contribution in [0, 0.1) is 0 Å². The predicted molar refractivity (Wildman–Crippen MR) is 70.0 cm³/mol. The van der Waals surface area contributed by atoms with Gasteiger partial charge in [0.2, 0.25) is 5.88 Å². The average molecular weight is 293 g/mol. The first kappa shape index (κ1) is 14.9. The highest BCUT2D eigenvalue weighted by molar-refractivity contribution is 6.39. The molecule has 1 aromatic heterocycles. The summed E-state index contributed by atoms with van der Waals surface area (Å²) in [6.07, 6.45) is 3.08. The van der Waals surface area contributed by atoms with E-state index in [2.05, 4.69) is 4.98 Å². The number of pyridine rings is 1. The second-order valence-electron chi connectivity index (χ2n) is 3.50. The van der Waals surface area contributed by atoms with Gasteiger partial charge in [0.1, 0.15) is 5.02 Å². The molecule has 0 aliphatic carbocycles. The number of esters is 1. The van der Waals surface area contributed by atoms with Crippen molar-refractivity contribution < 1.29 is 14.3 Å². The van der Waals surface area contributed by atoms with E-state index in [0.717, 1.165) is 12.8 Å². The third-order valence-electron chi connectivity index (χ3n) is 2.06. The smallest absolute Gasteiger partial charge is 0.344 e. The number of hydrogen-bond acceptors (Lipinski definition) is 5. The molecule has 0 amide bonds. The van der Waals surface area contributed by atoms with E-state index in [9.17, 15) is 4.79 Å². The van der Waals surface area contributed by atoms with Crippen LogP contribution < -0.4 is 10.5 Å². The minimum Gasteiger partial charge on any atom is -0.465 e. The lowest BCUT2D eigenvalue weighted by atomic mass is 10.4. The zero-order valence-electron chi connectivity index (χ0n) is 9.91. The zero-order valence-corrected chi connectivity index (χ0v) is 11.4. The molecule has 1 heterocycles. The summed E-state index contributed by atoms with van der Waals surface area (Å²) in [7, 11) is 0. The molecule has 0 aliphatic heterocycles. The number of carbonyl (C=O) groups excluding carboxylic acids is 1. The van der Waals surface area contributed by atoms with Gasteiger partial charge < -0.3 is 15.2 Å². The lowest BCUT2D eigenvalue weighted by Gasteiger charge is -2.09. The van der Waals surface area contributed by atoms with Crippen molar-refractivity contribution in [3.63, 3.8) is 0 Å². The Morgan fingerprint density at radius 3 is 2.89 bits per heavy atom. The molecule has 100 valence electrons. The maximum absolute atomic E-state index is 11.3. The van der Waals surface area contributed by atoms with Gasteiger partial charge in [0.15, 0.2) is 6.61 Å². The summed E-state index contributed by atoms with van der Waals surface area (Å²) in [5.41, 5.74) is 5.76. The van der Waals surface area contributed by atoms with Crippen LogP contribution in [0.3, 0.4) is 0 Å². The molecule has 0 bridgehead atoms. The van der Waals surface area contributed by atoms with Gasteiger partial charge in [-0.1, -0.05) is 36.5 Å². The maximum Gasteiger partial charge on any atom is 0.344 e. The Kier molecular flexibility index (Phi) is 6.01. The summed E-state index contributed by atoms with van der Waals surface area (Å²) in [5.74, 6) is -0.416. The Bertz CT molecular complexity index is 427. The summed E-state index contributed by atoms with van der Waals surface area (Å²) in [5, 5.41) is 0.321. The fourth-order valence-electron chi connectivity index (χ4n) is 1.06. The first-order valence-corrected chi connectivity index (χ1v) is 6.19. The summed E-state index contributed by atoms with van der Waals surface area (Å²) in [4.78, 5) is 15.1. The molecule has 1 aromatic rings. The minimum atomic E-state index is -0.477. The zero-order chi connectivity index (χ0) is 13.5. The van der Waals surface area contributed by atoms with Gasteiger partial charge in [0.25, 0.3) is 0 Å². The third kappa shape index (κ3) is 4.23. The topological polar surface area (TPSA) is 74.4 Å².